The van der Waals surface area contributed by atoms with Crippen molar-refractivity contribution in [1.82, 2.24) is 4.98 Å². The predicted molar refractivity (Wildman–Crippen MR) is 69.5 cm³/mol. The van der Waals surface area contributed by atoms with Crippen LogP contribution in [0.25, 0.3) is 0 Å². The number of nitrogens with two attached hydrogens (primary N) is 1. The minimum Gasteiger partial charge on any atom is -0.330 e. The summed E-state index contributed by atoms with van der Waals surface area (Å²) in [5.41, 5.74) is 7.68. The van der Waals surface area contributed by atoms with Crippen molar-refractivity contribution in [3.05, 3.63) is 51.5 Å². The van der Waals surface area contributed by atoms with Crippen molar-refractivity contribution in [3.63, 3.8) is 0 Å². The molecule has 0 aliphatic heterocycles. The second-order valence-electron chi connectivity index (χ2n) is 3.81. The molecule has 0 unspecified atom stereocenters. The summed E-state index contributed by atoms with van der Waals surface area (Å²) in [5.74, 6) is -0.0115. The average Bonchev–Trinajstić information content (AvgIpc) is 2.78. The minimum absolute atomic E-state index is 0.0115. The number of rotatable bonds is 4. The van der Waals surface area contributed by atoms with Gasteiger partial charge in [-0.15, -0.1) is 11.3 Å². The summed E-state index contributed by atoms with van der Waals surface area (Å²) < 4.78 is 0. The molecule has 0 aliphatic rings. The van der Waals surface area contributed by atoms with Crippen LogP contribution >= 0.6 is 11.3 Å². The number of hydrogen-bond donors (Lipinski definition) is 1. The Labute approximate surface area is 104 Å². The summed E-state index contributed by atoms with van der Waals surface area (Å²) in [6, 6.07) is 7.56. The summed E-state index contributed by atoms with van der Waals surface area (Å²) in [4.78, 5) is 16.5. The van der Waals surface area contributed by atoms with Crippen LogP contribution in [-0.4, -0.2) is 17.3 Å². The van der Waals surface area contributed by atoms with Crippen LogP contribution in [0.4, 0.5) is 0 Å². The van der Waals surface area contributed by atoms with Crippen LogP contribution in [-0.2, 0) is 6.42 Å². The normalized spacial score (nSPS) is 10.5. The first-order chi connectivity index (χ1) is 8.22. The molecule has 2 aromatic rings. The molecule has 0 fully saturated rings. The summed E-state index contributed by atoms with van der Waals surface area (Å²) >= 11 is 1.49. The van der Waals surface area contributed by atoms with E-state index in [0.717, 1.165) is 22.6 Å². The van der Waals surface area contributed by atoms with Gasteiger partial charge < -0.3 is 5.73 Å². The lowest BCUT2D eigenvalue weighted by atomic mass is 10.0. The smallest absolute Gasteiger partial charge is 0.212 e. The maximum atomic E-state index is 12.2. The van der Waals surface area contributed by atoms with Gasteiger partial charge in [0.15, 0.2) is 0 Å². The standard InChI is InChI=1S/C13H14N2OS/c1-9-4-2-3-5-10(9)13(16)11-8-17-12(15-11)6-7-14/h2-5,8H,6-7,14H2,1H3. The molecular weight excluding hydrogens is 232 g/mol. The molecule has 0 amide bonds. The third kappa shape index (κ3) is 2.60. The monoisotopic (exact) mass is 246 g/mol. The van der Waals surface area contributed by atoms with Crippen molar-refractivity contribution >= 4 is 17.1 Å². The molecule has 1 heterocycles. The fourth-order valence-corrected chi connectivity index (χ4v) is 2.41. The molecular formula is C13H14N2OS. The molecule has 88 valence electrons. The number of nitrogens with zero attached hydrogens (tertiary/aromatic N) is 1. The maximum Gasteiger partial charge on any atom is 0.212 e. The van der Waals surface area contributed by atoms with Crippen LogP contribution in [0.5, 0.6) is 0 Å². The molecule has 2 rings (SSSR count). The van der Waals surface area contributed by atoms with E-state index >= 15 is 0 Å². The van der Waals surface area contributed by atoms with Gasteiger partial charge in [-0.25, -0.2) is 4.98 Å². The molecule has 3 nitrogen and oxygen atoms in total. The molecule has 17 heavy (non-hydrogen) atoms. The fraction of sp³-hybridized carbons (Fsp3) is 0.231. The Morgan fingerprint density at radius 3 is 2.88 bits per heavy atom. The molecule has 0 radical (unpaired) electrons. The van der Waals surface area contributed by atoms with Crippen LogP contribution in [0.3, 0.4) is 0 Å². The highest BCUT2D eigenvalue weighted by molar-refractivity contribution is 7.09. The van der Waals surface area contributed by atoms with Gasteiger partial charge in [-0.3, -0.25) is 4.79 Å². The number of aromatic nitrogens is 1. The van der Waals surface area contributed by atoms with Crippen LogP contribution in [0, 0.1) is 6.92 Å². The zero-order valence-corrected chi connectivity index (χ0v) is 10.5. The van der Waals surface area contributed by atoms with E-state index in [0.29, 0.717) is 12.2 Å². The van der Waals surface area contributed by atoms with Crippen LogP contribution in [0.1, 0.15) is 26.6 Å². The average molecular weight is 246 g/mol. The second kappa shape index (κ2) is 5.21. The topological polar surface area (TPSA) is 56.0 Å². The van der Waals surface area contributed by atoms with E-state index in [-0.39, 0.29) is 5.78 Å². The van der Waals surface area contributed by atoms with Gasteiger partial charge in [-0.2, -0.15) is 0 Å². The quantitative estimate of drug-likeness (QED) is 0.841. The number of aryl methyl sites for hydroxylation is 1. The fourth-order valence-electron chi connectivity index (χ4n) is 1.62. The molecule has 4 heteroatoms. The molecule has 0 bridgehead atoms. The molecule has 2 N–H and O–H groups in total. The maximum absolute atomic E-state index is 12.2. The number of carbonyl (C=O) groups is 1. The Kier molecular flexibility index (Phi) is 3.66. The zero-order chi connectivity index (χ0) is 12.3. The van der Waals surface area contributed by atoms with Crippen LogP contribution in [0.2, 0.25) is 0 Å². The van der Waals surface area contributed by atoms with Gasteiger partial charge in [0, 0.05) is 17.4 Å². The predicted octanol–water partition coefficient (Wildman–Crippen LogP) is 2.18. The van der Waals surface area contributed by atoms with E-state index in [1.54, 1.807) is 5.38 Å². The number of thiazole rings is 1. The number of benzene rings is 1. The van der Waals surface area contributed by atoms with Gasteiger partial charge >= 0.3 is 0 Å². The summed E-state index contributed by atoms with van der Waals surface area (Å²) in [6.45, 7) is 2.49. The van der Waals surface area contributed by atoms with E-state index in [1.807, 2.05) is 31.2 Å². The van der Waals surface area contributed by atoms with Gasteiger partial charge in [0.2, 0.25) is 5.78 Å². The Morgan fingerprint density at radius 1 is 1.41 bits per heavy atom. The first-order valence-corrected chi connectivity index (χ1v) is 6.35. The highest BCUT2D eigenvalue weighted by Crippen LogP contribution is 2.16. The molecule has 0 aliphatic carbocycles. The number of carbonyl (C=O) groups excluding carboxylic acids is 1. The summed E-state index contributed by atoms with van der Waals surface area (Å²) in [5, 5.41) is 2.73. The Bertz CT molecular complexity index is 534. The summed E-state index contributed by atoms with van der Waals surface area (Å²) in [7, 11) is 0. The van der Waals surface area contributed by atoms with E-state index in [1.165, 1.54) is 11.3 Å². The molecule has 0 spiro atoms. The SMILES string of the molecule is Cc1ccccc1C(=O)c1csc(CCN)n1. The van der Waals surface area contributed by atoms with Crippen molar-refractivity contribution in [1.29, 1.82) is 0 Å². The Hall–Kier alpha value is -1.52. The van der Waals surface area contributed by atoms with Crippen LogP contribution < -0.4 is 5.73 Å². The molecule has 0 saturated carbocycles. The first kappa shape index (κ1) is 12.0. The zero-order valence-electron chi connectivity index (χ0n) is 9.64. The summed E-state index contributed by atoms with van der Waals surface area (Å²) in [6.07, 6.45) is 0.728. The largest absolute Gasteiger partial charge is 0.330 e. The molecule has 0 atom stereocenters. The second-order valence-corrected chi connectivity index (χ2v) is 4.75. The van der Waals surface area contributed by atoms with Crippen LogP contribution in [0.15, 0.2) is 29.6 Å². The van der Waals surface area contributed by atoms with E-state index in [2.05, 4.69) is 4.98 Å². The lowest BCUT2D eigenvalue weighted by molar-refractivity contribution is 0.103. The Morgan fingerprint density at radius 2 is 2.18 bits per heavy atom. The van der Waals surface area contributed by atoms with Crippen molar-refractivity contribution < 1.29 is 4.79 Å². The van der Waals surface area contributed by atoms with Gasteiger partial charge in [0.05, 0.1) is 5.01 Å². The van der Waals surface area contributed by atoms with Crippen molar-refractivity contribution in [2.45, 2.75) is 13.3 Å². The van der Waals surface area contributed by atoms with Gasteiger partial charge in [-0.1, -0.05) is 24.3 Å². The lowest BCUT2D eigenvalue weighted by Crippen LogP contribution is -2.06. The van der Waals surface area contributed by atoms with E-state index < -0.39 is 0 Å². The highest BCUT2D eigenvalue weighted by atomic mass is 32.1. The highest BCUT2D eigenvalue weighted by Gasteiger charge is 2.14. The Balaban J connectivity index is 2.28. The van der Waals surface area contributed by atoms with E-state index in [9.17, 15) is 4.79 Å². The van der Waals surface area contributed by atoms with Crippen molar-refractivity contribution in [3.8, 4) is 0 Å². The third-order valence-corrected chi connectivity index (χ3v) is 3.44. The molecule has 1 aromatic heterocycles. The third-order valence-electron chi connectivity index (χ3n) is 2.53. The van der Waals surface area contributed by atoms with Gasteiger partial charge in [0.1, 0.15) is 5.69 Å². The first-order valence-electron chi connectivity index (χ1n) is 5.47. The van der Waals surface area contributed by atoms with Crippen molar-refractivity contribution in [2.24, 2.45) is 5.73 Å². The van der Waals surface area contributed by atoms with E-state index in [4.69, 9.17) is 5.73 Å². The molecule has 0 saturated heterocycles. The van der Waals surface area contributed by atoms with Gasteiger partial charge in [0.25, 0.3) is 0 Å². The van der Waals surface area contributed by atoms with Crippen molar-refractivity contribution in [2.75, 3.05) is 6.54 Å². The number of hydrogen-bond acceptors (Lipinski definition) is 4. The van der Waals surface area contributed by atoms with Gasteiger partial charge in [-0.05, 0) is 19.0 Å². The number of ketones is 1. The lowest BCUT2D eigenvalue weighted by Gasteiger charge is -2.01. The minimum atomic E-state index is -0.0115. The molecule has 1 aromatic carbocycles.